The van der Waals surface area contributed by atoms with Crippen molar-refractivity contribution in [3.63, 3.8) is 0 Å². The highest BCUT2D eigenvalue weighted by atomic mass is 15.2. The van der Waals surface area contributed by atoms with Gasteiger partial charge in [0.2, 0.25) is 5.95 Å². The van der Waals surface area contributed by atoms with Gasteiger partial charge in [-0.05, 0) is 43.2 Å². The van der Waals surface area contributed by atoms with Crippen molar-refractivity contribution in [2.24, 2.45) is 17.6 Å². The smallest absolute Gasteiger partial charge is 0.225 e. The Hall–Kier alpha value is -1.16. The molecule has 1 heterocycles. The van der Waals surface area contributed by atoms with Gasteiger partial charge in [-0.2, -0.15) is 0 Å². The lowest BCUT2D eigenvalue weighted by Crippen LogP contribution is -2.29. The Morgan fingerprint density at radius 1 is 1.00 bits per heavy atom. The zero-order valence-electron chi connectivity index (χ0n) is 13.5. The zero-order chi connectivity index (χ0) is 15.0. The van der Waals surface area contributed by atoms with E-state index in [4.69, 9.17) is 5.73 Å². The number of nitrogens with two attached hydrogens (primary N) is 1. The highest BCUT2D eigenvalue weighted by Gasteiger charge is 2.11. The summed E-state index contributed by atoms with van der Waals surface area (Å²) >= 11 is 0. The second-order valence-corrected chi connectivity index (χ2v) is 6.28. The minimum atomic E-state index is 0.646. The lowest BCUT2D eigenvalue weighted by molar-refractivity contribution is 0.530. The van der Waals surface area contributed by atoms with Gasteiger partial charge in [0.05, 0.1) is 0 Å². The van der Waals surface area contributed by atoms with Crippen molar-refractivity contribution in [3.05, 3.63) is 18.0 Å². The fourth-order valence-electron chi connectivity index (χ4n) is 1.95. The summed E-state index contributed by atoms with van der Waals surface area (Å²) in [6.45, 7) is 11.7. The molecule has 0 aromatic carbocycles. The van der Waals surface area contributed by atoms with E-state index in [0.29, 0.717) is 18.4 Å². The zero-order valence-corrected chi connectivity index (χ0v) is 13.5. The van der Waals surface area contributed by atoms with Gasteiger partial charge >= 0.3 is 0 Å². The van der Waals surface area contributed by atoms with Crippen LogP contribution in [0.15, 0.2) is 12.4 Å². The van der Waals surface area contributed by atoms with E-state index in [1.54, 1.807) is 0 Å². The molecule has 0 unspecified atom stereocenters. The van der Waals surface area contributed by atoms with Gasteiger partial charge in [-0.3, -0.25) is 0 Å². The number of rotatable bonds is 9. The maximum absolute atomic E-state index is 5.55. The first-order valence-corrected chi connectivity index (χ1v) is 7.78. The largest absolute Gasteiger partial charge is 0.341 e. The number of hydrogen-bond donors (Lipinski definition) is 1. The maximum atomic E-state index is 5.55. The molecule has 2 N–H and O–H groups in total. The van der Waals surface area contributed by atoms with E-state index in [2.05, 4.69) is 42.6 Å². The fraction of sp³-hybridized carbons (Fsp3) is 0.750. The lowest BCUT2D eigenvalue weighted by atomic mass is 10.1. The minimum absolute atomic E-state index is 0.646. The summed E-state index contributed by atoms with van der Waals surface area (Å²) < 4.78 is 0. The Bertz CT molecular complexity index is 347. The molecule has 0 atom stereocenters. The van der Waals surface area contributed by atoms with Gasteiger partial charge in [0.15, 0.2) is 0 Å². The third-order valence-electron chi connectivity index (χ3n) is 3.36. The minimum Gasteiger partial charge on any atom is -0.341 e. The molecule has 114 valence electrons. The van der Waals surface area contributed by atoms with E-state index in [1.165, 1.54) is 12.8 Å². The van der Waals surface area contributed by atoms with Crippen LogP contribution in [0.2, 0.25) is 0 Å². The van der Waals surface area contributed by atoms with Crippen LogP contribution in [0.5, 0.6) is 0 Å². The van der Waals surface area contributed by atoms with Gasteiger partial charge in [0, 0.05) is 25.5 Å². The fourth-order valence-corrected chi connectivity index (χ4v) is 1.95. The van der Waals surface area contributed by atoms with Crippen molar-refractivity contribution in [3.8, 4) is 0 Å². The van der Waals surface area contributed by atoms with Crippen LogP contribution in [-0.4, -0.2) is 29.6 Å². The quantitative estimate of drug-likeness (QED) is 0.754. The molecule has 20 heavy (non-hydrogen) atoms. The molecule has 1 aromatic heterocycles. The molecule has 0 spiro atoms. The van der Waals surface area contributed by atoms with Crippen LogP contribution in [0.3, 0.4) is 0 Å². The summed E-state index contributed by atoms with van der Waals surface area (Å²) in [5.41, 5.74) is 6.67. The first-order valence-electron chi connectivity index (χ1n) is 7.78. The van der Waals surface area contributed by atoms with E-state index >= 15 is 0 Å². The van der Waals surface area contributed by atoms with Crippen LogP contribution in [0.1, 0.15) is 46.1 Å². The van der Waals surface area contributed by atoms with Crippen molar-refractivity contribution in [2.45, 2.75) is 47.0 Å². The predicted octanol–water partition coefficient (Wildman–Crippen LogP) is 2.88. The summed E-state index contributed by atoms with van der Waals surface area (Å²) in [5.74, 6) is 2.26. The Kier molecular flexibility index (Phi) is 7.52. The first kappa shape index (κ1) is 16.9. The van der Waals surface area contributed by atoms with E-state index in [-0.39, 0.29) is 0 Å². The molecular formula is C16H30N4. The number of nitrogens with zero attached hydrogens (tertiary/aromatic N) is 3. The predicted molar refractivity (Wildman–Crippen MR) is 85.9 cm³/mol. The average molecular weight is 278 g/mol. The van der Waals surface area contributed by atoms with E-state index < -0.39 is 0 Å². The molecular weight excluding hydrogens is 248 g/mol. The summed E-state index contributed by atoms with van der Waals surface area (Å²) in [7, 11) is 0. The van der Waals surface area contributed by atoms with Crippen LogP contribution in [0, 0.1) is 11.8 Å². The molecule has 0 aliphatic heterocycles. The van der Waals surface area contributed by atoms with E-state index in [9.17, 15) is 0 Å². The maximum Gasteiger partial charge on any atom is 0.225 e. The number of hydrogen-bond acceptors (Lipinski definition) is 4. The van der Waals surface area contributed by atoms with Crippen molar-refractivity contribution in [1.82, 2.24) is 9.97 Å². The first-order chi connectivity index (χ1) is 9.52. The van der Waals surface area contributed by atoms with Crippen molar-refractivity contribution in [2.75, 3.05) is 24.5 Å². The Morgan fingerprint density at radius 2 is 1.50 bits per heavy atom. The van der Waals surface area contributed by atoms with Crippen LogP contribution in [0.25, 0.3) is 0 Å². The third kappa shape index (κ3) is 6.33. The molecule has 0 saturated heterocycles. The average Bonchev–Trinajstić information content (AvgIpc) is 2.40. The molecule has 0 fully saturated rings. The Morgan fingerprint density at radius 3 is 1.90 bits per heavy atom. The standard InChI is InChI=1S/C16H30N4/c1-13(2)6-9-20(10-7-14(3)4)16-18-11-15(5-8-17)12-19-16/h11-14H,5-10,17H2,1-4H3. The molecule has 0 amide bonds. The molecule has 0 saturated carbocycles. The second kappa shape index (κ2) is 8.90. The van der Waals surface area contributed by atoms with Crippen LogP contribution in [0.4, 0.5) is 5.95 Å². The van der Waals surface area contributed by atoms with Crippen LogP contribution < -0.4 is 10.6 Å². The number of aromatic nitrogens is 2. The Balaban J connectivity index is 2.69. The normalized spacial score (nSPS) is 11.3. The van der Waals surface area contributed by atoms with Crippen LogP contribution >= 0.6 is 0 Å². The van der Waals surface area contributed by atoms with Crippen molar-refractivity contribution in [1.29, 1.82) is 0 Å². The monoisotopic (exact) mass is 278 g/mol. The molecule has 1 rings (SSSR count). The van der Waals surface area contributed by atoms with Gasteiger partial charge in [0.25, 0.3) is 0 Å². The summed E-state index contributed by atoms with van der Waals surface area (Å²) in [6, 6.07) is 0. The molecule has 0 aliphatic rings. The van der Waals surface area contributed by atoms with Gasteiger partial charge in [-0.15, -0.1) is 0 Å². The third-order valence-corrected chi connectivity index (χ3v) is 3.36. The highest BCUT2D eigenvalue weighted by Crippen LogP contribution is 2.13. The van der Waals surface area contributed by atoms with Crippen LogP contribution in [-0.2, 0) is 6.42 Å². The Labute approximate surface area is 123 Å². The van der Waals surface area contributed by atoms with Gasteiger partial charge < -0.3 is 10.6 Å². The highest BCUT2D eigenvalue weighted by molar-refractivity contribution is 5.29. The second-order valence-electron chi connectivity index (χ2n) is 6.28. The topological polar surface area (TPSA) is 55.0 Å². The summed E-state index contributed by atoms with van der Waals surface area (Å²) in [5, 5.41) is 0. The van der Waals surface area contributed by atoms with Crippen molar-refractivity contribution < 1.29 is 0 Å². The molecule has 4 heteroatoms. The summed E-state index contributed by atoms with van der Waals surface area (Å²) in [4.78, 5) is 11.3. The van der Waals surface area contributed by atoms with Gasteiger partial charge in [0.1, 0.15) is 0 Å². The molecule has 1 aromatic rings. The van der Waals surface area contributed by atoms with E-state index in [0.717, 1.165) is 31.0 Å². The molecule has 4 nitrogen and oxygen atoms in total. The molecule has 0 radical (unpaired) electrons. The summed E-state index contributed by atoms with van der Waals surface area (Å²) in [6.07, 6.45) is 7.01. The van der Waals surface area contributed by atoms with Crippen molar-refractivity contribution >= 4 is 5.95 Å². The lowest BCUT2D eigenvalue weighted by Gasteiger charge is -2.24. The molecule has 0 bridgehead atoms. The SMILES string of the molecule is CC(C)CCN(CCC(C)C)c1ncc(CCN)cn1. The van der Waals surface area contributed by atoms with Gasteiger partial charge in [-0.25, -0.2) is 9.97 Å². The number of anilines is 1. The molecule has 0 aliphatic carbocycles. The van der Waals surface area contributed by atoms with Gasteiger partial charge in [-0.1, -0.05) is 27.7 Å². The van der Waals surface area contributed by atoms with E-state index in [1.807, 2.05) is 12.4 Å².